The van der Waals surface area contributed by atoms with Crippen molar-refractivity contribution in [2.24, 2.45) is 0 Å². The molecule has 1 aliphatic rings. The summed E-state index contributed by atoms with van der Waals surface area (Å²) in [5, 5.41) is 2.82. The van der Waals surface area contributed by atoms with E-state index in [2.05, 4.69) is 17.4 Å². The normalized spacial score (nSPS) is 12.7. The number of nitrogens with one attached hydrogen (secondary N) is 1. The van der Waals surface area contributed by atoms with Gasteiger partial charge in [-0.05, 0) is 72.1 Å². The van der Waals surface area contributed by atoms with Gasteiger partial charge in [0.1, 0.15) is 5.75 Å². The molecule has 0 spiro atoms. The van der Waals surface area contributed by atoms with Crippen LogP contribution in [0.5, 0.6) is 5.75 Å². The fourth-order valence-corrected chi connectivity index (χ4v) is 5.74. The molecular formula is C29H26N2O4S. The number of nitrogens with zero attached hydrogens (tertiary/aromatic N) is 1. The van der Waals surface area contributed by atoms with E-state index in [1.165, 1.54) is 22.0 Å². The predicted molar refractivity (Wildman–Crippen MR) is 141 cm³/mol. The highest BCUT2D eigenvalue weighted by atomic mass is 32.2. The first-order valence-corrected chi connectivity index (χ1v) is 13.2. The van der Waals surface area contributed by atoms with Crippen LogP contribution in [0.15, 0.2) is 108 Å². The van der Waals surface area contributed by atoms with Crippen molar-refractivity contribution in [3.8, 4) is 5.75 Å². The Hall–Kier alpha value is -4.10. The topological polar surface area (TPSA) is 75.7 Å². The number of amides is 1. The van der Waals surface area contributed by atoms with Crippen molar-refractivity contribution in [1.29, 1.82) is 0 Å². The van der Waals surface area contributed by atoms with Crippen LogP contribution in [0.25, 0.3) is 0 Å². The zero-order valence-corrected chi connectivity index (χ0v) is 20.4. The van der Waals surface area contributed by atoms with E-state index in [4.69, 9.17) is 4.74 Å². The van der Waals surface area contributed by atoms with Crippen LogP contribution < -0.4 is 14.4 Å². The summed E-state index contributed by atoms with van der Waals surface area (Å²) in [5.41, 5.74) is 3.96. The lowest BCUT2D eigenvalue weighted by atomic mass is 10.2. The molecule has 182 valence electrons. The summed E-state index contributed by atoms with van der Waals surface area (Å²) < 4.78 is 33.6. The molecule has 6 nitrogen and oxygen atoms in total. The van der Waals surface area contributed by atoms with Gasteiger partial charge in [0.05, 0.1) is 17.2 Å². The smallest absolute Gasteiger partial charge is 0.264 e. The summed E-state index contributed by atoms with van der Waals surface area (Å²) >= 11 is 0. The minimum absolute atomic E-state index is 0.189. The maximum absolute atomic E-state index is 13.2. The molecule has 4 aromatic rings. The third-order valence-electron chi connectivity index (χ3n) is 6.16. The zero-order valence-electron chi connectivity index (χ0n) is 19.6. The molecule has 0 aliphatic carbocycles. The lowest BCUT2D eigenvalue weighted by Gasteiger charge is -2.19. The Kier molecular flexibility index (Phi) is 6.73. The molecule has 0 saturated carbocycles. The van der Waals surface area contributed by atoms with Gasteiger partial charge in [-0.25, -0.2) is 8.42 Å². The number of sulfonamides is 1. The van der Waals surface area contributed by atoms with Gasteiger partial charge in [0.15, 0.2) is 0 Å². The van der Waals surface area contributed by atoms with E-state index < -0.39 is 10.0 Å². The van der Waals surface area contributed by atoms with Gasteiger partial charge in [-0.3, -0.25) is 9.10 Å². The summed E-state index contributed by atoms with van der Waals surface area (Å²) in [5.74, 6) is 0.412. The van der Waals surface area contributed by atoms with Crippen LogP contribution in [-0.2, 0) is 22.9 Å². The van der Waals surface area contributed by atoms with Crippen LogP contribution in [-0.4, -0.2) is 27.5 Å². The van der Waals surface area contributed by atoms with Crippen LogP contribution in [0.2, 0.25) is 0 Å². The second-order valence-corrected chi connectivity index (χ2v) is 10.4. The molecule has 1 N–H and O–H groups in total. The van der Waals surface area contributed by atoms with Crippen LogP contribution in [0.3, 0.4) is 0 Å². The number of para-hydroxylation sites is 1. The molecule has 0 aromatic heterocycles. The van der Waals surface area contributed by atoms with Gasteiger partial charge in [-0.15, -0.1) is 0 Å². The van der Waals surface area contributed by atoms with Crippen LogP contribution in [0.4, 0.5) is 11.4 Å². The molecule has 1 heterocycles. The van der Waals surface area contributed by atoms with Gasteiger partial charge >= 0.3 is 0 Å². The number of fused-ring (bicyclic) bond motifs is 1. The third kappa shape index (κ3) is 5.11. The Morgan fingerprint density at radius 2 is 1.53 bits per heavy atom. The number of benzene rings is 4. The van der Waals surface area contributed by atoms with E-state index in [1.807, 2.05) is 42.5 Å². The van der Waals surface area contributed by atoms with Crippen molar-refractivity contribution in [2.75, 3.05) is 22.8 Å². The predicted octanol–water partition coefficient (Wildman–Crippen LogP) is 5.31. The Bertz CT molecular complexity index is 1450. The number of ether oxygens (including phenoxy) is 1. The fraction of sp³-hybridized carbons (Fsp3) is 0.138. The molecule has 0 unspecified atom stereocenters. The molecule has 7 heteroatoms. The number of hydrogen-bond donors (Lipinski definition) is 1. The average molecular weight is 499 g/mol. The van der Waals surface area contributed by atoms with Gasteiger partial charge in [0, 0.05) is 24.2 Å². The van der Waals surface area contributed by atoms with Gasteiger partial charge in [-0.2, -0.15) is 0 Å². The van der Waals surface area contributed by atoms with Crippen molar-refractivity contribution in [3.05, 3.63) is 120 Å². The first-order chi connectivity index (χ1) is 17.5. The molecule has 1 amide bonds. The number of carbonyl (C=O) groups excluding carboxylic acids is 1. The van der Waals surface area contributed by atoms with E-state index in [0.717, 1.165) is 17.7 Å². The minimum atomic E-state index is -3.67. The summed E-state index contributed by atoms with van der Waals surface area (Å²) in [6.45, 7) is 0.972. The highest BCUT2D eigenvalue weighted by molar-refractivity contribution is 7.92. The molecule has 0 bridgehead atoms. The van der Waals surface area contributed by atoms with Gasteiger partial charge < -0.3 is 10.1 Å². The molecule has 0 atom stereocenters. The van der Waals surface area contributed by atoms with Crippen molar-refractivity contribution in [1.82, 2.24) is 0 Å². The number of rotatable bonds is 8. The summed E-state index contributed by atoms with van der Waals surface area (Å²) in [6.07, 6.45) is 1.50. The standard InChI is InChI=1S/C29H26N2O4S/c32-29(24-10-14-26(15-11-24)35-21-19-22-6-2-1-3-7-22)30-25-12-16-27(17-13-25)36(33,34)31-20-18-23-8-4-5-9-28(23)31/h1-17H,18-21H2,(H,30,32). The van der Waals surface area contributed by atoms with Crippen LogP contribution in [0, 0.1) is 0 Å². The van der Waals surface area contributed by atoms with Gasteiger partial charge in [-0.1, -0.05) is 48.5 Å². The van der Waals surface area contributed by atoms with E-state index in [0.29, 0.717) is 36.6 Å². The number of carbonyl (C=O) groups is 1. The monoisotopic (exact) mass is 498 g/mol. The van der Waals surface area contributed by atoms with Gasteiger partial charge in [0.25, 0.3) is 15.9 Å². The molecular weight excluding hydrogens is 472 g/mol. The Morgan fingerprint density at radius 3 is 2.28 bits per heavy atom. The fourth-order valence-electron chi connectivity index (χ4n) is 4.23. The molecule has 4 aromatic carbocycles. The quantitative estimate of drug-likeness (QED) is 0.357. The van der Waals surface area contributed by atoms with Crippen LogP contribution >= 0.6 is 0 Å². The minimum Gasteiger partial charge on any atom is -0.493 e. The lowest BCUT2D eigenvalue weighted by molar-refractivity contribution is 0.102. The van der Waals surface area contributed by atoms with Crippen molar-refractivity contribution < 1.29 is 17.9 Å². The highest BCUT2D eigenvalue weighted by Gasteiger charge is 2.30. The van der Waals surface area contributed by atoms with E-state index in [9.17, 15) is 13.2 Å². The van der Waals surface area contributed by atoms with Crippen molar-refractivity contribution in [2.45, 2.75) is 17.7 Å². The average Bonchev–Trinajstić information content (AvgIpc) is 3.35. The third-order valence-corrected chi connectivity index (χ3v) is 7.99. The van der Waals surface area contributed by atoms with E-state index >= 15 is 0 Å². The maximum atomic E-state index is 13.2. The maximum Gasteiger partial charge on any atom is 0.264 e. The summed E-state index contributed by atoms with van der Waals surface area (Å²) in [7, 11) is -3.67. The first-order valence-electron chi connectivity index (χ1n) is 11.8. The second kappa shape index (κ2) is 10.3. The Balaban J connectivity index is 1.19. The zero-order chi connectivity index (χ0) is 25.0. The molecule has 0 radical (unpaired) electrons. The van der Waals surface area contributed by atoms with Crippen molar-refractivity contribution >= 4 is 27.3 Å². The SMILES string of the molecule is O=C(Nc1ccc(S(=O)(=O)N2CCc3ccccc32)cc1)c1ccc(OCCc2ccccc2)cc1. The second-order valence-electron chi connectivity index (χ2n) is 8.54. The number of anilines is 2. The molecule has 0 saturated heterocycles. The van der Waals surface area contributed by atoms with Crippen LogP contribution in [0.1, 0.15) is 21.5 Å². The van der Waals surface area contributed by atoms with Gasteiger partial charge in [0.2, 0.25) is 0 Å². The molecule has 36 heavy (non-hydrogen) atoms. The van der Waals surface area contributed by atoms with E-state index in [1.54, 1.807) is 36.4 Å². The molecule has 5 rings (SSSR count). The van der Waals surface area contributed by atoms with Crippen molar-refractivity contribution in [3.63, 3.8) is 0 Å². The summed E-state index contributed by atoms with van der Waals surface area (Å²) in [6, 6.07) is 30.8. The molecule has 0 fully saturated rings. The highest BCUT2D eigenvalue weighted by Crippen LogP contribution is 2.32. The van der Waals surface area contributed by atoms with E-state index in [-0.39, 0.29) is 10.8 Å². The Morgan fingerprint density at radius 1 is 0.833 bits per heavy atom. The largest absolute Gasteiger partial charge is 0.493 e. The summed E-state index contributed by atoms with van der Waals surface area (Å²) in [4.78, 5) is 12.9. The first kappa shape index (κ1) is 23.6. The molecule has 1 aliphatic heterocycles. The number of hydrogen-bond acceptors (Lipinski definition) is 4. The Labute approximate surface area is 211 Å². The lowest BCUT2D eigenvalue weighted by Crippen LogP contribution is -2.29.